The fraction of sp³-hybridized carbons (Fsp3) is 0.310. The van der Waals surface area contributed by atoms with Crippen molar-refractivity contribution in [2.75, 3.05) is 24.2 Å². The van der Waals surface area contributed by atoms with E-state index in [0.717, 1.165) is 44.4 Å². The van der Waals surface area contributed by atoms with Crippen molar-refractivity contribution in [3.63, 3.8) is 0 Å². The molecular weight excluding hydrogens is 623 g/mol. The molecule has 0 saturated heterocycles. The van der Waals surface area contributed by atoms with Gasteiger partial charge < -0.3 is 10.2 Å². The highest BCUT2D eigenvalue weighted by Gasteiger charge is 2.32. The molecule has 2 amide bonds. The van der Waals surface area contributed by atoms with Crippen molar-refractivity contribution >= 4 is 43.5 Å². The maximum Gasteiger partial charge on any atom is 0.416 e. The van der Waals surface area contributed by atoms with Crippen molar-refractivity contribution in [1.82, 2.24) is 10.2 Å². The minimum absolute atomic E-state index is 0.0186. The third-order valence-corrected chi connectivity index (χ3v) is 8.12. The van der Waals surface area contributed by atoms with Crippen molar-refractivity contribution in [2.24, 2.45) is 0 Å². The van der Waals surface area contributed by atoms with Crippen LogP contribution in [-0.4, -0.2) is 51.0 Å². The number of halogens is 4. The predicted molar refractivity (Wildman–Crippen MR) is 156 cm³/mol. The largest absolute Gasteiger partial charge is 0.416 e. The van der Waals surface area contributed by atoms with Gasteiger partial charge in [0.2, 0.25) is 21.8 Å². The number of benzene rings is 3. The molecule has 0 unspecified atom stereocenters. The molecule has 1 N–H and O–H groups in total. The number of nitrogens with one attached hydrogen (secondary N) is 1. The van der Waals surface area contributed by atoms with E-state index in [4.69, 9.17) is 0 Å². The lowest BCUT2D eigenvalue weighted by molar-refractivity contribution is -0.141. The van der Waals surface area contributed by atoms with Gasteiger partial charge >= 0.3 is 6.18 Å². The Morgan fingerprint density at radius 3 is 2.20 bits per heavy atom. The summed E-state index contributed by atoms with van der Waals surface area (Å²) in [6.45, 7) is -0.0955. The number of carbonyl (C=O) groups excluding carboxylic acids is 2. The first-order valence-corrected chi connectivity index (χ1v) is 15.4. The highest BCUT2D eigenvalue weighted by Crippen LogP contribution is 2.32. The van der Waals surface area contributed by atoms with Gasteiger partial charge in [0.1, 0.15) is 6.04 Å². The average Bonchev–Trinajstić information content (AvgIpc) is 2.93. The maximum absolute atomic E-state index is 13.6. The van der Waals surface area contributed by atoms with Gasteiger partial charge in [0, 0.05) is 37.5 Å². The van der Waals surface area contributed by atoms with Crippen molar-refractivity contribution in [3.05, 3.63) is 100 Å². The summed E-state index contributed by atoms with van der Waals surface area (Å²) in [7, 11) is -2.47. The molecule has 0 aromatic heterocycles. The summed E-state index contributed by atoms with van der Waals surface area (Å²) >= 11 is 3.39. The minimum Gasteiger partial charge on any atom is -0.357 e. The average molecular weight is 655 g/mol. The number of nitrogens with zero attached hydrogens (tertiary/aromatic N) is 2. The lowest BCUT2D eigenvalue weighted by Gasteiger charge is -2.31. The van der Waals surface area contributed by atoms with Gasteiger partial charge in [-0.25, -0.2) is 8.42 Å². The van der Waals surface area contributed by atoms with Crippen LogP contribution in [0.1, 0.15) is 29.5 Å². The molecule has 3 rings (SSSR count). The van der Waals surface area contributed by atoms with Crippen LogP contribution < -0.4 is 9.62 Å². The summed E-state index contributed by atoms with van der Waals surface area (Å²) in [4.78, 5) is 28.1. The second kappa shape index (κ2) is 14.0. The molecule has 0 radical (unpaired) electrons. The second-order valence-corrected chi connectivity index (χ2v) is 12.3. The lowest BCUT2D eigenvalue weighted by atomic mass is 10.0. The minimum atomic E-state index is -4.64. The van der Waals surface area contributed by atoms with Crippen LogP contribution >= 0.6 is 15.9 Å². The van der Waals surface area contributed by atoms with Crippen LogP contribution in [0.25, 0.3) is 0 Å². The Kier molecular flexibility index (Phi) is 11.0. The zero-order valence-corrected chi connectivity index (χ0v) is 25.0. The van der Waals surface area contributed by atoms with Crippen molar-refractivity contribution in [2.45, 2.75) is 38.0 Å². The molecule has 7 nitrogen and oxygen atoms in total. The number of hydrogen-bond donors (Lipinski definition) is 1. The van der Waals surface area contributed by atoms with E-state index in [1.54, 1.807) is 0 Å². The number of rotatable bonds is 12. The fourth-order valence-electron chi connectivity index (χ4n) is 4.35. The number of carbonyl (C=O) groups is 2. The quantitative estimate of drug-likeness (QED) is 0.284. The van der Waals surface area contributed by atoms with E-state index >= 15 is 0 Å². The number of likely N-dealkylation sites (N-methyl/N-ethyl adjacent to an activating group) is 1. The van der Waals surface area contributed by atoms with E-state index in [-0.39, 0.29) is 43.9 Å². The summed E-state index contributed by atoms with van der Waals surface area (Å²) in [5.41, 5.74) is 0.510. The van der Waals surface area contributed by atoms with E-state index in [1.807, 2.05) is 54.6 Å². The van der Waals surface area contributed by atoms with Gasteiger partial charge in [-0.05, 0) is 47.9 Å². The molecule has 0 aliphatic heterocycles. The van der Waals surface area contributed by atoms with Gasteiger partial charge in [0.25, 0.3) is 0 Å². The predicted octanol–water partition coefficient (Wildman–Crippen LogP) is 5.40. The molecule has 12 heteroatoms. The fourth-order valence-corrected chi connectivity index (χ4v) is 5.57. The Morgan fingerprint density at radius 2 is 1.61 bits per heavy atom. The van der Waals surface area contributed by atoms with Crippen molar-refractivity contribution in [1.29, 1.82) is 0 Å². The Hall–Kier alpha value is -3.38. The molecule has 220 valence electrons. The summed E-state index contributed by atoms with van der Waals surface area (Å²) < 4.78 is 66.5. The van der Waals surface area contributed by atoms with E-state index in [1.165, 1.54) is 18.0 Å². The summed E-state index contributed by atoms with van der Waals surface area (Å²) in [6, 6.07) is 19.7. The van der Waals surface area contributed by atoms with Crippen molar-refractivity contribution in [3.8, 4) is 0 Å². The molecule has 0 fully saturated rings. The van der Waals surface area contributed by atoms with Gasteiger partial charge in [-0.15, -0.1) is 0 Å². The number of sulfonamides is 1. The monoisotopic (exact) mass is 653 g/mol. The second-order valence-electron chi connectivity index (χ2n) is 9.45. The van der Waals surface area contributed by atoms with Crippen LogP contribution in [0.3, 0.4) is 0 Å². The van der Waals surface area contributed by atoms with Gasteiger partial charge in [-0.1, -0.05) is 64.5 Å². The molecule has 0 aliphatic rings. The van der Waals surface area contributed by atoms with Crippen LogP contribution in [0.15, 0.2) is 83.3 Å². The number of anilines is 1. The van der Waals surface area contributed by atoms with E-state index < -0.39 is 33.7 Å². The van der Waals surface area contributed by atoms with Crippen LogP contribution in [0.4, 0.5) is 18.9 Å². The third-order valence-electron chi connectivity index (χ3n) is 6.40. The van der Waals surface area contributed by atoms with Gasteiger partial charge in [0.15, 0.2) is 0 Å². The zero-order chi connectivity index (χ0) is 30.2. The highest BCUT2D eigenvalue weighted by molar-refractivity contribution is 9.10. The van der Waals surface area contributed by atoms with Crippen LogP contribution in [0.2, 0.25) is 0 Å². The zero-order valence-electron chi connectivity index (χ0n) is 22.6. The number of alkyl halides is 3. The normalized spacial score (nSPS) is 12.4. The molecule has 0 bridgehead atoms. The first kappa shape index (κ1) is 32.1. The highest BCUT2D eigenvalue weighted by atomic mass is 79.9. The third kappa shape index (κ3) is 9.32. The molecule has 3 aromatic rings. The topological polar surface area (TPSA) is 86.8 Å². The van der Waals surface area contributed by atoms with Crippen LogP contribution in [0.5, 0.6) is 0 Å². The summed E-state index contributed by atoms with van der Waals surface area (Å²) in [6.07, 6.45) is -3.61. The van der Waals surface area contributed by atoms with E-state index in [0.29, 0.717) is 0 Å². The molecule has 3 aromatic carbocycles. The van der Waals surface area contributed by atoms with E-state index in [9.17, 15) is 31.2 Å². The van der Waals surface area contributed by atoms with Crippen LogP contribution in [0, 0.1) is 0 Å². The summed E-state index contributed by atoms with van der Waals surface area (Å²) in [5, 5.41) is 2.63. The number of amides is 2. The first-order valence-electron chi connectivity index (χ1n) is 12.7. The smallest absolute Gasteiger partial charge is 0.357 e. The van der Waals surface area contributed by atoms with Crippen molar-refractivity contribution < 1.29 is 31.2 Å². The lowest BCUT2D eigenvalue weighted by Crippen LogP contribution is -2.49. The molecule has 0 aliphatic carbocycles. The Bertz CT molecular complexity index is 1440. The maximum atomic E-state index is 13.6. The van der Waals surface area contributed by atoms with Crippen LogP contribution in [-0.2, 0) is 38.8 Å². The molecule has 0 heterocycles. The van der Waals surface area contributed by atoms with Gasteiger partial charge in [0.05, 0.1) is 17.5 Å². The Morgan fingerprint density at radius 1 is 0.951 bits per heavy atom. The van der Waals surface area contributed by atoms with E-state index in [2.05, 4.69) is 21.2 Å². The molecular formula is C29H31BrF3N3O4S. The number of hydrogen-bond acceptors (Lipinski definition) is 4. The SMILES string of the molecule is CNC(=O)[C@H](Cc1ccccc1)N(Cc1ccc(Br)cc1)C(=O)CCCN(c1cccc(C(F)(F)F)c1)S(C)(=O)=O. The first-order chi connectivity index (χ1) is 19.3. The standard InChI is InChI=1S/C29H31BrF3N3O4S/c1-34-28(38)26(18-21-8-4-3-5-9-21)35(20-22-13-15-24(30)16-14-22)27(37)12-7-17-36(41(2,39)40)25-11-6-10-23(19-25)29(31,32)33/h3-6,8-11,13-16,19,26H,7,12,17-18,20H2,1-2H3,(H,34,38)/t26-/m0/s1. The molecule has 41 heavy (non-hydrogen) atoms. The van der Waals surface area contributed by atoms with Gasteiger partial charge in [-0.3, -0.25) is 13.9 Å². The molecule has 1 atom stereocenters. The molecule has 0 spiro atoms. The Balaban J connectivity index is 1.85. The molecule has 0 saturated carbocycles. The summed E-state index contributed by atoms with van der Waals surface area (Å²) in [5.74, 6) is -0.754. The Labute approximate surface area is 246 Å². The van der Waals surface area contributed by atoms with Gasteiger partial charge in [-0.2, -0.15) is 13.2 Å².